The number of ether oxygens (including phenoxy) is 1. The van der Waals surface area contributed by atoms with E-state index >= 15 is 0 Å². The monoisotopic (exact) mass is 389 g/mol. The predicted octanol–water partition coefficient (Wildman–Crippen LogP) is 3.14. The number of morpholine rings is 1. The number of benzene rings is 2. The van der Waals surface area contributed by atoms with Crippen LogP contribution < -0.4 is 5.32 Å². The fourth-order valence-electron chi connectivity index (χ4n) is 3.17. The minimum absolute atomic E-state index is 0.0629. The number of urea groups is 1. The predicted molar refractivity (Wildman–Crippen MR) is 103 cm³/mol. The second-order valence-corrected chi connectivity index (χ2v) is 6.91. The maximum absolute atomic E-state index is 13.8. The number of carbonyl (C=O) groups excluding carboxylic acids is 1. The lowest BCUT2D eigenvalue weighted by molar-refractivity contribution is 0.0341. The third-order valence-corrected chi connectivity index (χ3v) is 4.82. The molecule has 0 aliphatic carbocycles. The number of rotatable bonds is 6. The lowest BCUT2D eigenvalue weighted by Gasteiger charge is -2.27. The van der Waals surface area contributed by atoms with E-state index in [1.165, 1.54) is 17.0 Å². The highest BCUT2D eigenvalue weighted by atomic mass is 19.1. The zero-order chi connectivity index (χ0) is 19.9. The SMILES string of the molecule is CN(Cc1ccc(F)cc1F)C(=O)NCc1ccccc1CN1CCOCC1. The minimum atomic E-state index is -0.657. The van der Waals surface area contributed by atoms with Crippen molar-refractivity contribution in [2.24, 2.45) is 0 Å². The highest BCUT2D eigenvalue weighted by Gasteiger charge is 2.15. The van der Waals surface area contributed by atoms with E-state index in [1.807, 2.05) is 18.2 Å². The average molecular weight is 389 g/mol. The molecule has 0 radical (unpaired) electrons. The van der Waals surface area contributed by atoms with Gasteiger partial charge in [-0.15, -0.1) is 0 Å². The summed E-state index contributed by atoms with van der Waals surface area (Å²) < 4.78 is 32.2. The van der Waals surface area contributed by atoms with Crippen molar-refractivity contribution < 1.29 is 18.3 Å². The van der Waals surface area contributed by atoms with Crippen molar-refractivity contribution in [3.05, 3.63) is 70.8 Å². The van der Waals surface area contributed by atoms with E-state index in [1.54, 1.807) is 7.05 Å². The number of amides is 2. The molecule has 28 heavy (non-hydrogen) atoms. The van der Waals surface area contributed by atoms with Gasteiger partial charge in [0.2, 0.25) is 0 Å². The van der Waals surface area contributed by atoms with Crippen LogP contribution in [0.2, 0.25) is 0 Å². The second-order valence-electron chi connectivity index (χ2n) is 6.91. The summed E-state index contributed by atoms with van der Waals surface area (Å²) in [6.07, 6.45) is 0. The maximum atomic E-state index is 13.8. The van der Waals surface area contributed by atoms with Gasteiger partial charge in [-0.1, -0.05) is 30.3 Å². The van der Waals surface area contributed by atoms with Gasteiger partial charge in [-0.3, -0.25) is 4.90 Å². The first kappa shape index (κ1) is 20.2. The van der Waals surface area contributed by atoms with Crippen molar-refractivity contribution in [3.63, 3.8) is 0 Å². The Morgan fingerprint density at radius 3 is 2.54 bits per heavy atom. The molecule has 1 saturated heterocycles. The van der Waals surface area contributed by atoms with Gasteiger partial charge < -0.3 is 15.0 Å². The van der Waals surface area contributed by atoms with Crippen LogP contribution in [0.1, 0.15) is 16.7 Å². The molecular formula is C21H25F2N3O2. The van der Waals surface area contributed by atoms with Crippen LogP contribution in [0.3, 0.4) is 0 Å². The summed E-state index contributed by atoms with van der Waals surface area (Å²) in [6.45, 7) is 4.53. The number of halogens is 2. The highest BCUT2D eigenvalue weighted by molar-refractivity contribution is 5.73. The Morgan fingerprint density at radius 1 is 1.11 bits per heavy atom. The van der Waals surface area contributed by atoms with E-state index in [4.69, 9.17) is 4.74 Å². The Hall–Kier alpha value is -2.51. The molecule has 1 fully saturated rings. The van der Waals surface area contributed by atoms with Crippen molar-refractivity contribution in [2.75, 3.05) is 33.4 Å². The van der Waals surface area contributed by atoms with E-state index in [-0.39, 0.29) is 18.1 Å². The fraction of sp³-hybridized carbons (Fsp3) is 0.381. The number of hydrogen-bond acceptors (Lipinski definition) is 3. The zero-order valence-corrected chi connectivity index (χ0v) is 16.0. The van der Waals surface area contributed by atoms with Crippen LogP contribution in [-0.4, -0.2) is 49.2 Å². The Bertz CT molecular complexity index is 810. The largest absolute Gasteiger partial charge is 0.379 e. The Morgan fingerprint density at radius 2 is 1.82 bits per heavy atom. The topological polar surface area (TPSA) is 44.8 Å². The number of hydrogen-bond donors (Lipinski definition) is 1. The molecule has 5 nitrogen and oxygen atoms in total. The molecule has 7 heteroatoms. The van der Waals surface area contributed by atoms with Gasteiger partial charge in [0.05, 0.1) is 13.2 Å². The van der Waals surface area contributed by atoms with Crippen LogP contribution in [0.25, 0.3) is 0 Å². The standard InChI is InChI=1S/C21H25F2N3O2/c1-25(14-18-6-7-19(22)12-20(18)23)21(27)24-13-16-4-2-3-5-17(16)15-26-8-10-28-11-9-26/h2-7,12H,8-11,13-15H2,1H3,(H,24,27). The number of nitrogens with one attached hydrogen (secondary N) is 1. The molecular weight excluding hydrogens is 364 g/mol. The van der Waals surface area contributed by atoms with Gasteiger partial charge in [0.15, 0.2) is 0 Å². The van der Waals surface area contributed by atoms with Crippen LogP contribution in [0.5, 0.6) is 0 Å². The first-order chi connectivity index (χ1) is 13.5. The molecule has 0 unspecified atom stereocenters. The first-order valence-electron chi connectivity index (χ1n) is 9.32. The van der Waals surface area contributed by atoms with Gasteiger partial charge in [-0.25, -0.2) is 13.6 Å². The molecule has 0 saturated carbocycles. The van der Waals surface area contributed by atoms with Gasteiger partial charge in [-0.05, 0) is 17.2 Å². The van der Waals surface area contributed by atoms with Crippen molar-refractivity contribution in [1.29, 1.82) is 0 Å². The molecule has 0 spiro atoms. The molecule has 1 N–H and O–H groups in total. The molecule has 1 aliphatic heterocycles. The fourth-order valence-corrected chi connectivity index (χ4v) is 3.17. The average Bonchev–Trinajstić information content (AvgIpc) is 2.70. The summed E-state index contributed by atoms with van der Waals surface area (Å²) in [4.78, 5) is 16.1. The summed E-state index contributed by atoms with van der Waals surface area (Å²) in [6, 6.07) is 11.0. The lowest BCUT2D eigenvalue weighted by atomic mass is 10.1. The van der Waals surface area contributed by atoms with Gasteiger partial charge in [0.1, 0.15) is 11.6 Å². The van der Waals surface area contributed by atoms with Crippen molar-refractivity contribution in [2.45, 2.75) is 19.6 Å². The summed E-state index contributed by atoms with van der Waals surface area (Å²) in [5.41, 5.74) is 2.48. The van der Waals surface area contributed by atoms with Gasteiger partial charge >= 0.3 is 6.03 Å². The summed E-state index contributed by atoms with van der Waals surface area (Å²) in [5.74, 6) is -1.29. The van der Waals surface area contributed by atoms with Crippen molar-refractivity contribution in [3.8, 4) is 0 Å². The van der Waals surface area contributed by atoms with Crippen LogP contribution in [-0.2, 0) is 24.4 Å². The van der Waals surface area contributed by atoms with E-state index in [0.29, 0.717) is 6.54 Å². The summed E-state index contributed by atoms with van der Waals surface area (Å²) in [7, 11) is 1.58. The maximum Gasteiger partial charge on any atom is 0.317 e. The van der Waals surface area contributed by atoms with Crippen LogP contribution >= 0.6 is 0 Å². The lowest BCUT2D eigenvalue weighted by Crippen LogP contribution is -2.37. The van der Waals surface area contributed by atoms with Gasteiger partial charge in [0.25, 0.3) is 0 Å². The Labute approximate surface area is 163 Å². The van der Waals surface area contributed by atoms with Crippen molar-refractivity contribution >= 4 is 6.03 Å². The molecule has 1 aliphatic rings. The minimum Gasteiger partial charge on any atom is -0.379 e. The number of carbonyl (C=O) groups is 1. The van der Waals surface area contributed by atoms with E-state index in [2.05, 4.69) is 16.3 Å². The second kappa shape index (κ2) is 9.61. The third-order valence-electron chi connectivity index (χ3n) is 4.82. The van der Waals surface area contributed by atoms with Crippen molar-refractivity contribution in [1.82, 2.24) is 15.1 Å². The normalized spacial score (nSPS) is 14.7. The summed E-state index contributed by atoms with van der Waals surface area (Å²) in [5, 5.41) is 2.87. The quantitative estimate of drug-likeness (QED) is 0.826. The smallest absolute Gasteiger partial charge is 0.317 e. The summed E-state index contributed by atoms with van der Waals surface area (Å²) >= 11 is 0. The van der Waals surface area contributed by atoms with Crippen LogP contribution in [0.4, 0.5) is 13.6 Å². The molecule has 150 valence electrons. The Balaban J connectivity index is 1.56. The van der Waals surface area contributed by atoms with E-state index in [9.17, 15) is 13.6 Å². The molecule has 2 amide bonds. The zero-order valence-electron chi connectivity index (χ0n) is 16.0. The molecule has 0 atom stereocenters. The molecule has 0 bridgehead atoms. The van der Waals surface area contributed by atoms with Crippen LogP contribution in [0, 0.1) is 11.6 Å². The molecule has 2 aromatic carbocycles. The van der Waals surface area contributed by atoms with E-state index in [0.717, 1.165) is 50.0 Å². The number of nitrogens with zero attached hydrogens (tertiary/aromatic N) is 2. The van der Waals surface area contributed by atoms with Gasteiger partial charge in [-0.2, -0.15) is 0 Å². The highest BCUT2D eigenvalue weighted by Crippen LogP contribution is 2.14. The molecule has 2 aromatic rings. The van der Waals surface area contributed by atoms with Gasteiger partial charge in [0, 0.05) is 51.4 Å². The molecule has 1 heterocycles. The Kier molecular flexibility index (Phi) is 6.95. The van der Waals surface area contributed by atoms with E-state index < -0.39 is 11.6 Å². The van der Waals surface area contributed by atoms with Crippen LogP contribution in [0.15, 0.2) is 42.5 Å². The first-order valence-corrected chi connectivity index (χ1v) is 9.32. The molecule has 3 rings (SSSR count). The molecule has 0 aromatic heterocycles. The third kappa shape index (κ3) is 5.50.